The number of amides is 1. The number of nitrogens with zero attached hydrogens (tertiary/aromatic N) is 5. The Kier molecular flexibility index (Phi) is 6.14. The number of benzene rings is 2. The Labute approximate surface area is 192 Å². The van der Waals surface area contributed by atoms with Crippen molar-refractivity contribution < 1.29 is 28.2 Å². The van der Waals surface area contributed by atoms with Gasteiger partial charge in [-0.1, -0.05) is 18.9 Å². The molecule has 34 heavy (non-hydrogen) atoms. The number of ether oxygens (including phenoxy) is 1. The summed E-state index contributed by atoms with van der Waals surface area (Å²) in [6.07, 6.45) is 2.89. The molecule has 1 amide bonds. The standard InChI is InChI=1S/C22H21F2N5O5/c1-12-10-18(34-2)14(20(30)31)11-17(12)27(13-6-3-4-7-13)21(32)29-22(33)28(25-26-29)19-15(23)8-5-9-16(19)24/h5,8-11,13H,3-4,6-7H2,1-2H3,(H,30,31). The highest BCUT2D eigenvalue weighted by Crippen LogP contribution is 2.34. The summed E-state index contributed by atoms with van der Waals surface area (Å²) < 4.78 is 34.3. The largest absolute Gasteiger partial charge is 0.496 e. The van der Waals surface area contributed by atoms with Crippen LogP contribution in [0.15, 0.2) is 35.1 Å². The molecule has 1 heterocycles. The zero-order chi connectivity index (χ0) is 24.6. The van der Waals surface area contributed by atoms with Crippen LogP contribution in [0.1, 0.15) is 41.6 Å². The molecule has 12 heteroatoms. The quantitative estimate of drug-likeness (QED) is 0.566. The molecule has 0 bridgehead atoms. The number of hydrogen-bond acceptors (Lipinski definition) is 6. The number of carbonyl (C=O) groups is 2. The molecular weight excluding hydrogens is 452 g/mol. The third-order valence-electron chi connectivity index (χ3n) is 5.82. The fourth-order valence-electron chi connectivity index (χ4n) is 4.18. The van der Waals surface area contributed by atoms with Gasteiger partial charge in [-0.2, -0.15) is 4.68 Å². The Hall–Kier alpha value is -4.09. The van der Waals surface area contributed by atoms with Crippen LogP contribution in [0.3, 0.4) is 0 Å². The highest BCUT2D eigenvalue weighted by atomic mass is 19.1. The van der Waals surface area contributed by atoms with Crippen LogP contribution < -0.4 is 15.3 Å². The summed E-state index contributed by atoms with van der Waals surface area (Å²) in [5, 5.41) is 16.7. The number of aromatic carboxylic acids is 1. The van der Waals surface area contributed by atoms with Gasteiger partial charge >= 0.3 is 17.7 Å². The zero-order valence-electron chi connectivity index (χ0n) is 18.4. The van der Waals surface area contributed by atoms with Gasteiger partial charge in [-0.3, -0.25) is 4.90 Å². The third kappa shape index (κ3) is 3.91. The van der Waals surface area contributed by atoms with Crippen LogP contribution in [-0.2, 0) is 0 Å². The Balaban J connectivity index is 1.84. The number of carbonyl (C=O) groups excluding carboxylic acids is 1. The number of aromatic nitrogens is 4. The minimum atomic E-state index is -1.25. The molecule has 1 fully saturated rings. The Bertz CT molecular complexity index is 1310. The smallest absolute Gasteiger partial charge is 0.377 e. The van der Waals surface area contributed by atoms with Crippen molar-refractivity contribution in [3.05, 3.63) is 63.6 Å². The lowest BCUT2D eigenvalue weighted by molar-refractivity contribution is 0.0693. The molecule has 1 saturated carbocycles. The van der Waals surface area contributed by atoms with Gasteiger partial charge in [-0.15, -0.1) is 4.68 Å². The van der Waals surface area contributed by atoms with Crippen LogP contribution in [0, 0.1) is 18.6 Å². The van der Waals surface area contributed by atoms with Crippen LogP contribution in [-0.4, -0.2) is 50.0 Å². The number of carboxylic acids is 1. The summed E-state index contributed by atoms with van der Waals surface area (Å²) in [6, 6.07) is 4.56. The summed E-state index contributed by atoms with van der Waals surface area (Å²) in [4.78, 5) is 39.6. The lowest BCUT2D eigenvalue weighted by Crippen LogP contribution is -2.46. The van der Waals surface area contributed by atoms with Gasteiger partial charge in [-0.05, 0) is 60.0 Å². The van der Waals surface area contributed by atoms with E-state index in [4.69, 9.17) is 4.74 Å². The van der Waals surface area contributed by atoms with Gasteiger partial charge < -0.3 is 9.84 Å². The van der Waals surface area contributed by atoms with Gasteiger partial charge in [0.1, 0.15) is 17.0 Å². The number of anilines is 1. The van der Waals surface area contributed by atoms with E-state index in [1.54, 1.807) is 6.92 Å². The molecule has 0 unspecified atom stereocenters. The molecule has 4 rings (SSSR count). The number of rotatable bonds is 5. The number of hydrogen-bond donors (Lipinski definition) is 1. The first-order valence-electron chi connectivity index (χ1n) is 10.5. The second-order valence-electron chi connectivity index (χ2n) is 7.89. The van der Waals surface area contributed by atoms with E-state index in [-0.39, 0.29) is 23.0 Å². The number of tetrazole rings is 1. The second kappa shape index (κ2) is 9.04. The van der Waals surface area contributed by atoms with Crippen molar-refractivity contribution >= 4 is 17.7 Å². The van der Waals surface area contributed by atoms with Gasteiger partial charge in [-0.25, -0.2) is 23.2 Å². The van der Waals surface area contributed by atoms with Gasteiger partial charge in [0.15, 0.2) is 11.6 Å². The molecule has 0 atom stereocenters. The number of halogens is 2. The lowest BCUT2D eigenvalue weighted by atomic mass is 10.1. The van der Waals surface area contributed by atoms with Crippen molar-refractivity contribution in [1.29, 1.82) is 0 Å². The molecule has 1 aromatic heterocycles. The molecule has 1 aliphatic rings. The van der Waals surface area contributed by atoms with Gasteiger partial charge in [0.05, 0.1) is 7.11 Å². The molecule has 0 saturated heterocycles. The van der Waals surface area contributed by atoms with E-state index in [2.05, 4.69) is 10.4 Å². The molecule has 10 nitrogen and oxygen atoms in total. The normalized spacial score (nSPS) is 13.8. The number of carboxylic acid groups (broad SMARTS) is 1. The van der Waals surface area contributed by atoms with Crippen LogP contribution >= 0.6 is 0 Å². The Morgan fingerprint density at radius 2 is 1.79 bits per heavy atom. The van der Waals surface area contributed by atoms with E-state index in [0.29, 0.717) is 27.8 Å². The van der Waals surface area contributed by atoms with Crippen molar-refractivity contribution in [2.24, 2.45) is 0 Å². The Morgan fingerprint density at radius 3 is 2.38 bits per heavy atom. The van der Waals surface area contributed by atoms with Crippen molar-refractivity contribution in [3.8, 4) is 11.4 Å². The van der Waals surface area contributed by atoms with E-state index in [9.17, 15) is 28.3 Å². The van der Waals surface area contributed by atoms with Crippen molar-refractivity contribution in [2.75, 3.05) is 12.0 Å². The molecule has 3 aromatic rings. The maximum atomic E-state index is 14.2. The maximum absolute atomic E-state index is 14.2. The van der Waals surface area contributed by atoms with Gasteiger partial charge in [0, 0.05) is 11.7 Å². The summed E-state index contributed by atoms with van der Waals surface area (Å²) >= 11 is 0. The average molecular weight is 473 g/mol. The third-order valence-corrected chi connectivity index (χ3v) is 5.82. The second-order valence-corrected chi connectivity index (χ2v) is 7.89. The predicted molar refractivity (Wildman–Crippen MR) is 116 cm³/mol. The monoisotopic (exact) mass is 473 g/mol. The fraction of sp³-hybridized carbons (Fsp3) is 0.318. The minimum absolute atomic E-state index is 0.116. The summed E-state index contributed by atoms with van der Waals surface area (Å²) in [7, 11) is 1.33. The van der Waals surface area contributed by atoms with Crippen LogP contribution in [0.25, 0.3) is 5.69 Å². The predicted octanol–water partition coefficient (Wildman–Crippen LogP) is 3.14. The molecule has 1 aliphatic carbocycles. The van der Waals surface area contributed by atoms with E-state index in [1.165, 1.54) is 24.1 Å². The molecule has 0 spiro atoms. The highest BCUT2D eigenvalue weighted by molar-refractivity contribution is 5.98. The van der Waals surface area contributed by atoms with E-state index < -0.39 is 35.0 Å². The van der Waals surface area contributed by atoms with Crippen LogP contribution in [0.5, 0.6) is 5.75 Å². The fourth-order valence-corrected chi connectivity index (χ4v) is 4.18. The first-order chi connectivity index (χ1) is 16.2. The van der Waals surface area contributed by atoms with E-state index >= 15 is 0 Å². The van der Waals surface area contributed by atoms with Gasteiger partial charge in [0.2, 0.25) is 0 Å². The van der Waals surface area contributed by atoms with Crippen molar-refractivity contribution in [2.45, 2.75) is 38.6 Å². The summed E-state index contributed by atoms with van der Waals surface area (Å²) in [6.45, 7) is 1.67. The SMILES string of the molecule is COc1cc(C)c(N(C(=O)n2nnn(-c3c(F)cccc3F)c2=O)C2CCCC2)cc1C(=O)O. The highest BCUT2D eigenvalue weighted by Gasteiger charge is 2.34. The van der Waals surface area contributed by atoms with Crippen molar-refractivity contribution in [3.63, 3.8) is 0 Å². The lowest BCUT2D eigenvalue weighted by Gasteiger charge is -2.30. The maximum Gasteiger partial charge on any atom is 0.377 e. The Morgan fingerprint density at radius 1 is 1.15 bits per heavy atom. The van der Waals surface area contributed by atoms with Crippen molar-refractivity contribution in [1.82, 2.24) is 19.8 Å². The molecule has 1 N–H and O–H groups in total. The van der Waals surface area contributed by atoms with Crippen LogP contribution in [0.2, 0.25) is 0 Å². The minimum Gasteiger partial charge on any atom is -0.496 e. The molecule has 0 aliphatic heterocycles. The molecular formula is C22H21F2N5O5. The zero-order valence-corrected chi connectivity index (χ0v) is 18.4. The number of aryl methyl sites for hydroxylation is 1. The molecule has 0 radical (unpaired) electrons. The topological polar surface area (TPSA) is 120 Å². The molecule has 178 valence electrons. The first kappa shape index (κ1) is 23.1. The van der Waals surface area contributed by atoms with Crippen LogP contribution in [0.4, 0.5) is 19.3 Å². The summed E-state index contributed by atoms with van der Waals surface area (Å²) in [5.74, 6) is -3.24. The van der Waals surface area contributed by atoms with E-state index in [0.717, 1.165) is 31.0 Å². The van der Waals surface area contributed by atoms with E-state index in [1.807, 2.05) is 0 Å². The molecule has 2 aromatic carbocycles. The number of para-hydroxylation sites is 1. The van der Waals surface area contributed by atoms with Gasteiger partial charge in [0.25, 0.3) is 0 Å². The summed E-state index contributed by atoms with van der Waals surface area (Å²) in [5.41, 5.74) is -1.30. The average Bonchev–Trinajstić information content (AvgIpc) is 3.45. The number of methoxy groups -OCH3 is 1. The first-order valence-corrected chi connectivity index (χ1v) is 10.5.